The molecule has 0 aliphatic rings. The van der Waals surface area contributed by atoms with Crippen LogP contribution < -0.4 is 10.6 Å². The smallest absolute Gasteiger partial charge is 0.224 e. The van der Waals surface area contributed by atoms with E-state index in [1.807, 2.05) is 43.6 Å². The minimum atomic E-state index is 0. The van der Waals surface area contributed by atoms with Crippen LogP contribution in [0.15, 0.2) is 29.6 Å². The summed E-state index contributed by atoms with van der Waals surface area (Å²) in [6, 6.07) is 7.81. The molecule has 0 aliphatic heterocycles. The highest BCUT2D eigenvalue weighted by atomic mass is 35.5. The van der Waals surface area contributed by atoms with E-state index in [9.17, 15) is 4.79 Å². The van der Waals surface area contributed by atoms with Gasteiger partial charge in [0.1, 0.15) is 0 Å². The molecule has 0 unspecified atom stereocenters. The van der Waals surface area contributed by atoms with Gasteiger partial charge < -0.3 is 10.6 Å². The zero-order valence-corrected chi connectivity index (χ0v) is 13.8. The monoisotopic (exact) mass is 325 g/mol. The summed E-state index contributed by atoms with van der Waals surface area (Å²) in [5, 5.41) is 9.03. The average molecular weight is 326 g/mol. The van der Waals surface area contributed by atoms with Gasteiger partial charge in [-0.15, -0.1) is 23.7 Å². The topological polar surface area (TPSA) is 54.0 Å². The van der Waals surface area contributed by atoms with E-state index in [-0.39, 0.29) is 18.3 Å². The summed E-state index contributed by atoms with van der Waals surface area (Å²) in [5.41, 5.74) is 2.81. The molecule has 1 aromatic heterocycles. The van der Waals surface area contributed by atoms with Crippen molar-refractivity contribution in [3.63, 3.8) is 0 Å². The maximum absolute atomic E-state index is 11.8. The third-order valence-corrected chi connectivity index (χ3v) is 3.67. The lowest BCUT2D eigenvalue weighted by molar-refractivity contribution is -0.116. The van der Waals surface area contributed by atoms with Gasteiger partial charge in [-0.25, -0.2) is 4.98 Å². The molecule has 0 saturated carbocycles. The number of carbonyl (C=O) groups is 1. The molecule has 2 rings (SSSR count). The molecule has 0 radical (unpaired) electrons. The summed E-state index contributed by atoms with van der Waals surface area (Å²) in [6.45, 7) is 2.84. The fourth-order valence-corrected chi connectivity index (χ4v) is 2.52. The van der Waals surface area contributed by atoms with Crippen LogP contribution in [-0.2, 0) is 4.79 Å². The second-order valence-corrected chi connectivity index (χ2v) is 5.65. The third kappa shape index (κ3) is 5.46. The SMILES string of the molecule is CNCCCC(=O)Nc1cccc(-c2csc(C)n2)c1.Cl. The Kier molecular flexibility index (Phi) is 7.36. The van der Waals surface area contributed by atoms with Crippen LogP contribution in [0.4, 0.5) is 5.69 Å². The number of aromatic nitrogens is 1. The standard InChI is InChI=1S/C15H19N3OS.ClH/c1-11-17-14(10-20-11)12-5-3-6-13(9-12)18-15(19)7-4-8-16-2;/h3,5-6,9-10,16H,4,7-8H2,1-2H3,(H,18,19);1H. The normalized spacial score (nSPS) is 10.0. The summed E-state index contributed by atoms with van der Waals surface area (Å²) in [4.78, 5) is 16.2. The fourth-order valence-electron chi connectivity index (χ4n) is 1.90. The van der Waals surface area contributed by atoms with E-state index in [2.05, 4.69) is 15.6 Å². The summed E-state index contributed by atoms with van der Waals surface area (Å²) in [5.74, 6) is 0.0480. The second kappa shape index (κ2) is 8.77. The van der Waals surface area contributed by atoms with Crippen molar-refractivity contribution in [2.24, 2.45) is 0 Å². The molecule has 0 saturated heterocycles. The first-order valence-corrected chi connectivity index (χ1v) is 7.54. The Morgan fingerprint density at radius 3 is 2.86 bits per heavy atom. The molecule has 0 aliphatic carbocycles. The molecule has 2 N–H and O–H groups in total. The predicted octanol–water partition coefficient (Wildman–Crippen LogP) is 3.48. The summed E-state index contributed by atoms with van der Waals surface area (Å²) in [7, 11) is 1.89. The van der Waals surface area contributed by atoms with Crippen LogP contribution in [0.3, 0.4) is 0 Å². The van der Waals surface area contributed by atoms with Crippen LogP contribution in [0.5, 0.6) is 0 Å². The Labute approximate surface area is 135 Å². The van der Waals surface area contributed by atoms with Crippen LogP contribution >= 0.6 is 23.7 Å². The number of thiazole rings is 1. The number of hydrogen-bond acceptors (Lipinski definition) is 4. The predicted molar refractivity (Wildman–Crippen MR) is 91.3 cm³/mol. The molecule has 0 fully saturated rings. The minimum Gasteiger partial charge on any atom is -0.326 e. The highest BCUT2D eigenvalue weighted by Crippen LogP contribution is 2.24. The Morgan fingerprint density at radius 2 is 2.19 bits per heavy atom. The van der Waals surface area contributed by atoms with E-state index in [0.29, 0.717) is 6.42 Å². The Hall–Kier alpha value is -1.43. The molecule has 0 atom stereocenters. The van der Waals surface area contributed by atoms with Crippen molar-refractivity contribution in [1.82, 2.24) is 10.3 Å². The Balaban J connectivity index is 0.00000220. The second-order valence-electron chi connectivity index (χ2n) is 4.59. The molecule has 1 aromatic carbocycles. The Bertz CT molecular complexity index is 586. The number of carbonyl (C=O) groups excluding carboxylic acids is 1. The van der Waals surface area contributed by atoms with E-state index >= 15 is 0 Å². The largest absolute Gasteiger partial charge is 0.326 e. The zero-order valence-electron chi connectivity index (χ0n) is 12.2. The number of rotatable bonds is 6. The third-order valence-electron chi connectivity index (χ3n) is 2.89. The molecule has 4 nitrogen and oxygen atoms in total. The van der Waals surface area contributed by atoms with Crippen molar-refractivity contribution in [2.45, 2.75) is 19.8 Å². The molecule has 0 bridgehead atoms. The number of nitrogens with one attached hydrogen (secondary N) is 2. The van der Waals surface area contributed by atoms with Crippen LogP contribution in [-0.4, -0.2) is 24.5 Å². The lowest BCUT2D eigenvalue weighted by Gasteiger charge is -2.06. The van der Waals surface area contributed by atoms with Crippen molar-refractivity contribution >= 4 is 35.3 Å². The van der Waals surface area contributed by atoms with Gasteiger partial charge >= 0.3 is 0 Å². The summed E-state index contributed by atoms with van der Waals surface area (Å²) >= 11 is 1.63. The number of amides is 1. The quantitative estimate of drug-likeness (QED) is 0.799. The number of anilines is 1. The van der Waals surface area contributed by atoms with Crippen LogP contribution in [0.25, 0.3) is 11.3 Å². The first-order valence-electron chi connectivity index (χ1n) is 6.66. The molecule has 1 amide bonds. The maximum atomic E-state index is 11.8. The van der Waals surface area contributed by atoms with Crippen molar-refractivity contribution < 1.29 is 4.79 Å². The van der Waals surface area contributed by atoms with Gasteiger partial charge in [-0.1, -0.05) is 12.1 Å². The first kappa shape index (κ1) is 17.6. The number of aryl methyl sites for hydroxylation is 1. The number of benzene rings is 1. The van der Waals surface area contributed by atoms with Crippen molar-refractivity contribution in [1.29, 1.82) is 0 Å². The first-order chi connectivity index (χ1) is 9.69. The molecule has 6 heteroatoms. The molecule has 1 heterocycles. The van der Waals surface area contributed by atoms with Gasteiger partial charge in [-0.2, -0.15) is 0 Å². The van der Waals surface area contributed by atoms with Crippen molar-refractivity contribution in [3.05, 3.63) is 34.7 Å². The minimum absolute atomic E-state index is 0. The van der Waals surface area contributed by atoms with Gasteiger partial charge in [-0.05, 0) is 39.1 Å². The Morgan fingerprint density at radius 1 is 1.38 bits per heavy atom. The van der Waals surface area contributed by atoms with Gasteiger partial charge in [0.05, 0.1) is 10.7 Å². The average Bonchev–Trinajstić information content (AvgIpc) is 2.86. The van der Waals surface area contributed by atoms with Gasteiger partial charge in [0, 0.05) is 23.1 Å². The van der Waals surface area contributed by atoms with Crippen LogP contribution in [0, 0.1) is 6.92 Å². The molecule has 0 spiro atoms. The lowest BCUT2D eigenvalue weighted by Crippen LogP contribution is -2.15. The highest BCUT2D eigenvalue weighted by molar-refractivity contribution is 7.09. The number of nitrogens with zero attached hydrogens (tertiary/aromatic N) is 1. The van der Waals surface area contributed by atoms with E-state index in [1.165, 1.54) is 0 Å². The van der Waals surface area contributed by atoms with E-state index in [4.69, 9.17) is 0 Å². The number of hydrogen-bond donors (Lipinski definition) is 2. The molecule has 114 valence electrons. The molecular formula is C15H20ClN3OS. The molecule has 2 aromatic rings. The van der Waals surface area contributed by atoms with Crippen molar-refractivity contribution in [2.75, 3.05) is 18.9 Å². The molecular weight excluding hydrogens is 306 g/mol. The number of halogens is 1. The van der Waals surface area contributed by atoms with Crippen LogP contribution in [0.1, 0.15) is 17.8 Å². The van der Waals surface area contributed by atoms with E-state index < -0.39 is 0 Å². The van der Waals surface area contributed by atoms with Crippen LogP contribution in [0.2, 0.25) is 0 Å². The van der Waals surface area contributed by atoms with Crippen molar-refractivity contribution in [3.8, 4) is 11.3 Å². The molecule has 21 heavy (non-hydrogen) atoms. The lowest BCUT2D eigenvalue weighted by atomic mass is 10.1. The highest BCUT2D eigenvalue weighted by Gasteiger charge is 2.05. The van der Waals surface area contributed by atoms with Gasteiger partial charge in [0.25, 0.3) is 0 Å². The summed E-state index contributed by atoms with van der Waals surface area (Å²) in [6.07, 6.45) is 1.37. The summed E-state index contributed by atoms with van der Waals surface area (Å²) < 4.78 is 0. The van der Waals surface area contributed by atoms with E-state index in [0.717, 1.165) is 34.9 Å². The van der Waals surface area contributed by atoms with Gasteiger partial charge in [0.15, 0.2) is 0 Å². The fraction of sp³-hybridized carbons (Fsp3) is 0.333. The van der Waals surface area contributed by atoms with E-state index in [1.54, 1.807) is 11.3 Å². The zero-order chi connectivity index (χ0) is 14.4. The maximum Gasteiger partial charge on any atom is 0.224 e. The van der Waals surface area contributed by atoms with Gasteiger partial charge in [-0.3, -0.25) is 4.79 Å². The van der Waals surface area contributed by atoms with Gasteiger partial charge in [0.2, 0.25) is 5.91 Å².